The maximum atomic E-state index is 12.8. The molecular formula is C34H34N4O5S2. The summed E-state index contributed by atoms with van der Waals surface area (Å²) in [7, 11) is -3.65. The van der Waals surface area contributed by atoms with Crippen molar-refractivity contribution in [3.63, 3.8) is 0 Å². The highest BCUT2D eigenvalue weighted by molar-refractivity contribution is 7.99. The molecule has 1 aliphatic heterocycles. The molecule has 4 atom stereocenters. The molecule has 6 rings (SSSR count). The molecule has 232 valence electrons. The highest BCUT2D eigenvalue weighted by Crippen LogP contribution is 2.43. The highest BCUT2D eigenvalue weighted by Gasteiger charge is 2.38. The van der Waals surface area contributed by atoms with Crippen LogP contribution in [-0.2, 0) is 32.6 Å². The molecule has 0 amide bonds. The van der Waals surface area contributed by atoms with Crippen LogP contribution in [0.25, 0.3) is 11.1 Å². The number of ether oxygens (including phenoxy) is 2. The van der Waals surface area contributed by atoms with E-state index in [1.54, 1.807) is 42.1 Å². The van der Waals surface area contributed by atoms with Gasteiger partial charge in [0.05, 0.1) is 23.7 Å². The predicted octanol–water partition coefficient (Wildman–Crippen LogP) is 6.03. The van der Waals surface area contributed by atoms with Gasteiger partial charge in [-0.3, -0.25) is 5.10 Å². The number of hydrogen-bond acceptors (Lipinski definition) is 8. The zero-order chi connectivity index (χ0) is 31.2. The Kier molecular flexibility index (Phi) is 9.74. The predicted molar refractivity (Wildman–Crippen MR) is 172 cm³/mol. The second-order valence-electron chi connectivity index (χ2n) is 10.8. The third kappa shape index (κ3) is 7.36. The first kappa shape index (κ1) is 31.2. The van der Waals surface area contributed by atoms with Gasteiger partial charge in [0, 0.05) is 23.8 Å². The SMILES string of the molecule is C[C@H]1[C@@H](CSc2ncn[nH]2)O[C@@H](c2ccc(-c3ccccc3CNS(=O)(=O)c3ccccc3)cc2)O[C@H]1c1ccc(CO)cc1. The molecular weight excluding hydrogens is 609 g/mol. The van der Waals surface area contributed by atoms with Gasteiger partial charge in [-0.2, -0.15) is 5.10 Å². The molecule has 0 unspecified atom stereocenters. The number of aromatic amines is 1. The number of nitrogens with one attached hydrogen (secondary N) is 2. The Hall–Kier alpha value is -3.84. The third-order valence-corrected chi connectivity index (χ3v) is 10.3. The molecule has 0 bridgehead atoms. The van der Waals surface area contributed by atoms with E-state index in [4.69, 9.17) is 9.47 Å². The monoisotopic (exact) mass is 642 g/mol. The molecule has 0 radical (unpaired) electrons. The molecule has 1 fully saturated rings. The minimum atomic E-state index is -3.65. The second-order valence-corrected chi connectivity index (χ2v) is 13.6. The van der Waals surface area contributed by atoms with Gasteiger partial charge >= 0.3 is 0 Å². The van der Waals surface area contributed by atoms with Gasteiger partial charge in [-0.15, -0.1) is 0 Å². The number of aliphatic hydroxyl groups excluding tert-OH is 1. The number of sulfonamides is 1. The zero-order valence-electron chi connectivity index (χ0n) is 24.6. The van der Waals surface area contributed by atoms with Gasteiger partial charge in [0.2, 0.25) is 10.0 Å². The molecule has 5 aromatic rings. The Morgan fingerprint density at radius 3 is 2.31 bits per heavy atom. The minimum absolute atomic E-state index is 0.0160. The quantitative estimate of drug-likeness (QED) is 0.149. The van der Waals surface area contributed by atoms with Crippen LogP contribution in [0.3, 0.4) is 0 Å². The molecule has 1 aromatic heterocycles. The van der Waals surface area contributed by atoms with E-state index in [1.165, 1.54) is 6.33 Å². The molecule has 4 aromatic carbocycles. The van der Waals surface area contributed by atoms with Crippen LogP contribution in [0.5, 0.6) is 0 Å². The van der Waals surface area contributed by atoms with Crippen molar-refractivity contribution in [1.29, 1.82) is 0 Å². The number of thioether (sulfide) groups is 1. The Labute approximate surface area is 267 Å². The molecule has 45 heavy (non-hydrogen) atoms. The number of aliphatic hydroxyl groups is 1. The van der Waals surface area contributed by atoms with Crippen LogP contribution >= 0.6 is 11.8 Å². The number of rotatable bonds is 11. The summed E-state index contributed by atoms with van der Waals surface area (Å²) in [5.74, 6) is 0.702. The maximum Gasteiger partial charge on any atom is 0.240 e. The van der Waals surface area contributed by atoms with E-state index in [-0.39, 0.29) is 36.2 Å². The van der Waals surface area contributed by atoms with Crippen molar-refractivity contribution in [2.24, 2.45) is 5.92 Å². The van der Waals surface area contributed by atoms with Crippen LogP contribution in [0.15, 0.2) is 120 Å². The van der Waals surface area contributed by atoms with Crippen molar-refractivity contribution in [3.8, 4) is 11.1 Å². The molecule has 9 nitrogen and oxygen atoms in total. The van der Waals surface area contributed by atoms with E-state index in [1.807, 2.05) is 72.8 Å². The number of H-pyrrole nitrogens is 1. The second kappa shape index (κ2) is 14.1. The van der Waals surface area contributed by atoms with Gasteiger partial charge in [0.25, 0.3) is 0 Å². The summed E-state index contributed by atoms with van der Waals surface area (Å²) >= 11 is 1.55. The van der Waals surface area contributed by atoms with Crippen molar-refractivity contribution >= 4 is 21.8 Å². The van der Waals surface area contributed by atoms with Crippen LogP contribution in [0, 0.1) is 5.92 Å². The lowest BCUT2D eigenvalue weighted by Crippen LogP contribution is -2.38. The minimum Gasteiger partial charge on any atom is -0.392 e. The first-order valence-electron chi connectivity index (χ1n) is 14.6. The average molecular weight is 643 g/mol. The summed E-state index contributed by atoms with van der Waals surface area (Å²) in [5, 5.41) is 17.1. The molecule has 0 aliphatic carbocycles. The van der Waals surface area contributed by atoms with Crippen LogP contribution in [0.1, 0.15) is 41.6 Å². The molecule has 11 heteroatoms. The lowest BCUT2D eigenvalue weighted by molar-refractivity contribution is -0.268. The fourth-order valence-electron chi connectivity index (χ4n) is 5.37. The largest absolute Gasteiger partial charge is 0.392 e. The topological polar surface area (TPSA) is 126 Å². The normalized spacial score (nSPS) is 20.2. The van der Waals surface area contributed by atoms with Crippen molar-refractivity contribution in [2.45, 2.75) is 48.6 Å². The number of benzene rings is 4. The third-order valence-electron chi connectivity index (χ3n) is 7.92. The highest BCUT2D eigenvalue weighted by atomic mass is 32.2. The molecule has 2 heterocycles. The fraction of sp³-hybridized carbons (Fsp3) is 0.235. The Morgan fingerprint density at radius 1 is 0.889 bits per heavy atom. The van der Waals surface area contributed by atoms with Gasteiger partial charge in [-0.1, -0.05) is 110 Å². The van der Waals surface area contributed by atoms with Crippen LogP contribution < -0.4 is 4.72 Å². The lowest BCUT2D eigenvalue weighted by Gasteiger charge is -2.41. The van der Waals surface area contributed by atoms with E-state index in [2.05, 4.69) is 26.8 Å². The first-order chi connectivity index (χ1) is 21.9. The van der Waals surface area contributed by atoms with Gasteiger partial charge in [0.1, 0.15) is 6.33 Å². The lowest BCUT2D eigenvalue weighted by atomic mass is 9.91. The number of aromatic nitrogens is 3. The molecule has 1 saturated heterocycles. The number of nitrogens with zero attached hydrogens (tertiary/aromatic N) is 2. The summed E-state index contributed by atoms with van der Waals surface area (Å²) in [5.41, 5.74) is 5.48. The van der Waals surface area contributed by atoms with E-state index >= 15 is 0 Å². The van der Waals surface area contributed by atoms with Crippen LogP contribution in [-0.4, -0.2) is 40.6 Å². The van der Waals surface area contributed by atoms with Crippen LogP contribution in [0.4, 0.5) is 0 Å². The molecule has 0 spiro atoms. The summed E-state index contributed by atoms with van der Waals surface area (Å²) in [6.07, 6.45) is 0.517. The maximum absolute atomic E-state index is 12.8. The molecule has 0 saturated carbocycles. The Morgan fingerprint density at radius 2 is 1.60 bits per heavy atom. The van der Waals surface area contributed by atoms with Crippen molar-refractivity contribution in [2.75, 3.05) is 5.75 Å². The van der Waals surface area contributed by atoms with E-state index < -0.39 is 16.3 Å². The van der Waals surface area contributed by atoms with Gasteiger partial charge in [0.15, 0.2) is 11.4 Å². The molecule has 3 N–H and O–H groups in total. The van der Waals surface area contributed by atoms with Gasteiger partial charge < -0.3 is 14.6 Å². The smallest absolute Gasteiger partial charge is 0.240 e. The van der Waals surface area contributed by atoms with Crippen LogP contribution in [0.2, 0.25) is 0 Å². The van der Waals surface area contributed by atoms with Gasteiger partial charge in [-0.05, 0) is 39.9 Å². The zero-order valence-corrected chi connectivity index (χ0v) is 26.2. The Balaban J connectivity index is 1.22. The van der Waals surface area contributed by atoms with Crippen molar-refractivity contribution in [3.05, 3.63) is 132 Å². The first-order valence-corrected chi connectivity index (χ1v) is 17.1. The van der Waals surface area contributed by atoms with Crippen molar-refractivity contribution < 1.29 is 23.0 Å². The van der Waals surface area contributed by atoms with E-state index in [9.17, 15) is 13.5 Å². The summed E-state index contributed by atoms with van der Waals surface area (Å²) < 4.78 is 41.5. The summed E-state index contributed by atoms with van der Waals surface area (Å²) in [6.45, 7) is 2.26. The summed E-state index contributed by atoms with van der Waals surface area (Å²) in [6, 6.07) is 31.9. The Bertz CT molecular complexity index is 1790. The van der Waals surface area contributed by atoms with Crippen molar-refractivity contribution in [1.82, 2.24) is 19.9 Å². The van der Waals surface area contributed by atoms with Gasteiger partial charge in [-0.25, -0.2) is 18.1 Å². The van der Waals surface area contributed by atoms with E-state index in [0.29, 0.717) is 5.75 Å². The molecule has 1 aliphatic rings. The number of hydrogen-bond donors (Lipinski definition) is 3. The average Bonchev–Trinajstić information content (AvgIpc) is 3.62. The standard InChI is InChI=1S/C34H34N4O5S2/c1-23-31(21-44-34-35-22-36-38-34)42-33(43-32(23)26-13-11-24(20-39)12-14-26)27-17-15-25(16-18-27)30-10-6-5-7-28(30)19-37-45(40,41)29-8-3-2-4-9-29/h2-18,22-23,31-33,37,39H,19-21H2,1H3,(H,35,36,38)/t23-,31+,32+,33+/m0/s1. The van der Waals surface area contributed by atoms with E-state index in [0.717, 1.165) is 38.5 Å². The summed E-state index contributed by atoms with van der Waals surface area (Å²) in [4.78, 5) is 4.46. The fourth-order valence-corrected chi connectivity index (χ4v) is 7.34.